The Kier molecular flexibility index (Phi) is 6.31. The van der Waals surface area contributed by atoms with Crippen LogP contribution in [0.1, 0.15) is 30.6 Å². The second-order valence-electron chi connectivity index (χ2n) is 4.12. The Labute approximate surface area is 126 Å². The van der Waals surface area contributed by atoms with Crippen LogP contribution in [0, 0.1) is 0 Å². The van der Waals surface area contributed by atoms with E-state index in [9.17, 15) is 9.59 Å². The molecule has 104 valence electrons. The first-order valence-corrected chi connectivity index (χ1v) is 7.16. The summed E-state index contributed by atoms with van der Waals surface area (Å²) in [6.45, 7) is 4.22. The number of carbonyl (C=O) groups is 2. The van der Waals surface area contributed by atoms with Gasteiger partial charge in [0, 0.05) is 16.6 Å². The summed E-state index contributed by atoms with van der Waals surface area (Å²) in [6.07, 6.45) is 0.858. The van der Waals surface area contributed by atoms with Crippen LogP contribution in [0.4, 0.5) is 0 Å². The van der Waals surface area contributed by atoms with Crippen LogP contribution < -0.4 is 10.6 Å². The van der Waals surface area contributed by atoms with Crippen molar-refractivity contribution >= 4 is 39.3 Å². The topological polar surface area (TPSA) is 58.2 Å². The zero-order chi connectivity index (χ0) is 14.4. The van der Waals surface area contributed by atoms with Gasteiger partial charge in [-0.3, -0.25) is 9.59 Å². The molecular formula is C13H16BrClN2O2. The predicted octanol–water partition coefficient (Wildman–Crippen LogP) is 2.75. The number of rotatable bonds is 5. The number of hydrogen-bond donors (Lipinski definition) is 2. The zero-order valence-electron chi connectivity index (χ0n) is 10.8. The van der Waals surface area contributed by atoms with Crippen molar-refractivity contribution in [3.05, 3.63) is 33.3 Å². The van der Waals surface area contributed by atoms with Crippen LogP contribution in [-0.4, -0.2) is 24.4 Å². The fourth-order valence-corrected chi connectivity index (χ4v) is 1.88. The van der Waals surface area contributed by atoms with E-state index >= 15 is 0 Å². The first kappa shape index (κ1) is 16.0. The summed E-state index contributed by atoms with van der Waals surface area (Å²) in [5.41, 5.74) is 0.450. The van der Waals surface area contributed by atoms with Gasteiger partial charge in [0.2, 0.25) is 5.91 Å². The third-order valence-electron chi connectivity index (χ3n) is 2.47. The molecule has 0 spiro atoms. The highest BCUT2D eigenvalue weighted by atomic mass is 79.9. The van der Waals surface area contributed by atoms with Gasteiger partial charge in [-0.15, -0.1) is 0 Å². The van der Waals surface area contributed by atoms with Crippen LogP contribution in [0.3, 0.4) is 0 Å². The van der Waals surface area contributed by atoms with E-state index in [2.05, 4.69) is 26.6 Å². The van der Waals surface area contributed by atoms with Crippen LogP contribution >= 0.6 is 27.5 Å². The van der Waals surface area contributed by atoms with Crippen molar-refractivity contribution in [3.63, 3.8) is 0 Å². The smallest absolute Gasteiger partial charge is 0.251 e. The van der Waals surface area contributed by atoms with Gasteiger partial charge in [-0.05, 0) is 47.5 Å². The summed E-state index contributed by atoms with van der Waals surface area (Å²) in [7, 11) is 0. The molecule has 2 N–H and O–H groups in total. The van der Waals surface area contributed by atoms with Gasteiger partial charge in [0.15, 0.2) is 0 Å². The lowest BCUT2D eigenvalue weighted by Crippen LogP contribution is -2.45. The molecule has 19 heavy (non-hydrogen) atoms. The molecule has 0 aliphatic rings. The maximum absolute atomic E-state index is 11.9. The summed E-state index contributed by atoms with van der Waals surface area (Å²) >= 11 is 9.11. The van der Waals surface area contributed by atoms with Crippen molar-refractivity contribution in [2.75, 3.05) is 6.54 Å². The van der Waals surface area contributed by atoms with Gasteiger partial charge in [0.25, 0.3) is 5.91 Å². The number of carbonyl (C=O) groups excluding carboxylic acids is 2. The standard InChI is InChI=1S/C13H16BrClN2O2/c1-3-6-16-12(18)8(2)17-13(19)9-4-5-11(15)10(14)7-9/h4-5,7-8H,3,6H2,1-2H3,(H,16,18)(H,17,19). The fourth-order valence-electron chi connectivity index (χ4n) is 1.38. The molecule has 6 heteroatoms. The van der Waals surface area contributed by atoms with Gasteiger partial charge in [-0.2, -0.15) is 0 Å². The molecule has 4 nitrogen and oxygen atoms in total. The minimum Gasteiger partial charge on any atom is -0.354 e. The lowest BCUT2D eigenvalue weighted by molar-refractivity contribution is -0.122. The van der Waals surface area contributed by atoms with Crippen LogP contribution in [0.5, 0.6) is 0 Å². The highest BCUT2D eigenvalue weighted by Crippen LogP contribution is 2.23. The van der Waals surface area contributed by atoms with E-state index in [1.807, 2.05) is 6.92 Å². The first-order chi connectivity index (χ1) is 8.95. The maximum atomic E-state index is 11.9. The fraction of sp³-hybridized carbons (Fsp3) is 0.385. The second kappa shape index (κ2) is 7.50. The molecule has 1 aromatic carbocycles. The van der Waals surface area contributed by atoms with Crippen molar-refractivity contribution in [2.45, 2.75) is 26.3 Å². The minimum absolute atomic E-state index is 0.191. The molecule has 0 fully saturated rings. The maximum Gasteiger partial charge on any atom is 0.251 e. The van der Waals surface area contributed by atoms with Gasteiger partial charge < -0.3 is 10.6 Å². The average molecular weight is 348 g/mol. The number of halogens is 2. The van der Waals surface area contributed by atoms with Crippen molar-refractivity contribution < 1.29 is 9.59 Å². The molecule has 1 unspecified atom stereocenters. The molecule has 2 amide bonds. The lowest BCUT2D eigenvalue weighted by Gasteiger charge is -2.14. The second-order valence-corrected chi connectivity index (χ2v) is 5.38. The molecule has 0 aromatic heterocycles. The first-order valence-electron chi connectivity index (χ1n) is 5.99. The largest absolute Gasteiger partial charge is 0.354 e. The zero-order valence-corrected chi connectivity index (χ0v) is 13.1. The van der Waals surface area contributed by atoms with Crippen molar-refractivity contribution in [2.24, 2.45) is 0 Å². The lowest BCUT2D eigenvalue weighted by atomic mass is 10.2. The molecular weight excluding hydrogens is 332 g/mol. The van der Waals surface area contributed by atoms with Gasteiger partial charge in [0.1, 0.15) is 6.04 Å². The van der Waals surface area contributed by atoms with Gasteiger partial charge in [0.05, 0.1) is 5.02 Å². The molecule has 0 heterocycles. The van der Waals surface area contributed by atoms with Gasteiger partial charge in [-0.25, -0.2) is 0 Å². The van der Waals surface area contributed by atoms with E-state index in [4.69, 9.17) is 11.6 Å². The van der Waals surface area contributed by atoms with Crippen LogP contribution in [-0.2, 0) is 4.79 Å². The van der Waals surface area contributed by atoms with Crippen LogP contribution in [0.15, 0.2) is 22.7 Å². The number of benzene rings is 1. The molecule has 1 aromatic rings. The van der Waals surface area contributed by atoms with E-state index in [-0.39, 0.29) is 11.8 Å². The number of amides is 2. The van der Waals surface area contributed by atoms with E-state index in [1.54, 1.807) is 25.1 Å². The molecule has 0 aliphatic heterocycles. The van der Waals surface area contributed by atoms with E-state index in [1.165, 1.54) is 0 Å². The average Bonchev–Trinajstić information content (AvgIpc) is 2.38. The quantitative estimate of drug-likeness (QED) is 0.860. The highest BCUT2D eigenvalue weighted by molar-refractivity contribution is 9.10. The SMILES string of the molecule is CCCNC(=O)C(C)NC(=O)c1ccc(Cl)c(Br)c1. The third-order valence-corrected chi connectivity index (χ3v) is 3.69. The Hall–Kier alpha value is -1.07. The van der Waals surface area contributed by atoms with E-state index < -0.39 is 6.04 Å². The summed E-state index contributed by atoms with van der Waals surface area (Å²) in [6, 6.07) is 4.28. The number of nitrogens with one attached hydrogen (secondary N) is 2. The summed E-state index contributed by atoms with van der Waals surface area (Å²) in [5, 5.41) is 5.89. The summed E-state index contributed by atoms with van der Waals surface area (Å²) in [5.74, 6) is -0.500. The van der Waals surface area contributed by atoms with Crippen molar-refractivity contribution in [1.29, 1.82) is 0 Å². The molecule has 0 saturated heterocycles. The van der Waals surface area contributed by atoms with Gasteiger partial charge >= 0.3 is 0 Å². The Morgan fingerprint density at radius 2 is 2.11 bits per heavy atom. The molecule has 0 aliphatic carbocycles. The molecule has 0 bridgehead atoms. The highest BCUT2D eigenvalue weighted by Gasteiger charge is 2.16. The molecule has 0 saturated carbocycles. The summed E-state index contributed by atoms with van der Waals surface area (Å²) in [4.78, 5) is 23.6. The Morgan fingerprint density at radius 1 is 1.42 bits per heavy atom. The Morgan fingerprint density at radius 3 is 2.68 bits per heavy atom. The molecule has 1 rings (SSSR count). The number of hydrogen-bond acceptors (Lipinski definition) is 2. The Balaban J connectivity index is 2.63. The van der Waals surface area contributed by atoms with Crippen molar-refractivity contribution in [1.82, 2.24) is 10.6 Å². The third kappa shape index (κ3) is 4.84. The van der Waals surface area contributed by atoms with Crippen LogP contribution in [0.2, 0.25) is 5.02 Å². The van der Waals surface area contributed by atoms with E-state index in [0.717, 1.165) is 6.42 Å². The van der Waals surface area contributed by atoms with Crippen LogP contribution in [0.25, 0.3) is 0 Å². The van der Waals surface area contributed by atoms with Gasteiger partial charge in [-0.1, -0.05) is 18.5 Å². The molecule has 1 atom stereocenters. The van der Waals surface area contributed by atoms with Crippen molar-refractivity contribution in [3.8, 4) is 0 Å². The Bertz CT molecular complexity index is 480. The normalized spacial score (nSPS) is 11.8. The minimum atomic E-state index is -0.575. The predicted molar refractivity (Wildman–Crippen MR) is 79.4 cm³/mol. The summed E-state index contributed by atoms with van der Waals surface area (Å²) < 4.78 is 0.643. The monoisotopic (exact) mass is 346 g/mol. The molecule has 0 radical (unpaired) electrons. The van der Waals surface area contributed by atoms with E-state index in [0.29, 0.717) is 21.6 Å².